The minimum atomic E-state index is -0.256. The van der Waals surface area contributed by atoms with E-state index in [9.17, 15) is 0 Å². The zero-order chi connectivity index (χ0) is 29.3. The van der Waals surface area contributed by atoms with E-state index in [-0.39, 0.29) is 11.2 Å². The molecule has 2 nitrogen and oxygen atoms in total. The summed E-state index contributed by atoms with van der Waals surface area (Å²) in [5, 5.41) is 4.76. The molecule has 2 aromatic heterocycles. The fourth-order valence-electron chi connectivity index (χ4n) is 6.61. The summed E-state index contributed by atoms with van der Waals surface area (Å²) >= 11 is 0. The van der Waals surface area contributed by atoms with Crippen molar-refractivity contribution >= 4 is 43.6 Å². The normalized spacial score (nSPS) is 12.2. The Morgan fingerprint density at radius 2 is 0.814 bits per heavy atom. The van der Waals surface area contributed by atoms with Gasteiger partial charge in [0.1, 0.15) is 5.82 Å². The highest BCUT2D eigenvalue weighted by Crippen LogP contribution is 2.38. The molecule has 8 aromatic rings. The molecule has 2 heterocycles. The van der Waals surface area contributed by atoms with Crippen molar-refractivity contribution in [2.75, 3.05) is 0 Å². The molecule has 0 N–H and O–H groups in total. The second kappa shape index (κ2) is 9.43. The van der Waals surface area contributed by atoms with E-state index < -0.39 is 0 Å². The highest BCUT2D eigenvalue weighted by atomic mass is 19.1. The van der Waals surface area contributed by atoms with Gasteiger partial charge in [-0.3, -0.25) is 0 Å². The molecule has 3 heteroatoms. The van der Waals surface area contributed by atoms with Crippen LogP contribution in [0, 0.1) is 5.82 Å². The maximum Gasteiger partial charge on any atom is 0.125 e. The van der Waals surface area contributed by atoms with Crippen LogP contribution in [0.2, 0.25) is 0 Å². The van der Waals surface area contributed by atoms with Gasteiger partial charge in [0.05, 0.1) is 22.1 Å². The molecular weight excluding hydrogens is 527 g/mol. The lowest BCUT2D eigenvalue weighted by atomic mass is 9.85. The van der Waals surface area contributed by atoms with Crippen molar-refractivity contribution in [3.8, 4) is 22.5 Å². The first-order chi connectivity index (χ1) is 20.9. The number of nitrogens with zero attached hydrogens (tertiary/aromatic N) is 2. The molecule has 0 atom stereocenters. The van der Waals surface area contributed by atoms with Crippen LogP contribution in [0.25, 0.3) is 66.1 Å². The first kappa shape index (κ1) is 25.6. The molecule has 0 unspecified atom stereocenters. The minimum Gasteiger partial charge on any atom is -0.309 e. The van der Waals surface area contributed by atoms with Crippen molar-refractivity contribution in [2.24, 2.45) is 0 Å². The summed E-state index contributed by atoms with van der Waals surface area (Å²) in [4.78, 5) is 0. The van der Waals surface area contributed by atoms with Gasteiger partial charge in [-0.25, -0.2) is 4.39 Å². The van der Waals surface area contributed by atoms with Crippen LogP contribution < -0.4 is 0 Å². The van der Waals surface area contributed by atoms with Gasteiger partial charge in [-0.05, 0) is 76.7 Å². The molecule has 0 saturated heterocycles. The monoisotopic (exact) mass is 558 g/mol. The molecule has 0 aliphatic rings. The second-order valence-electron chi connectivity index (χ2n) is 12.5. The number of fused-ring (bicyclic) bond motifs is 6. The van der Waals surface area contributed by atoms with Gasteiger partial charge in [-0.1, -0.05) is 99.6 Å². The Hall–Kier alpha value is -5.15. The van der Waals surface area contributed by atoms with Gasteiger partial charge in [0.2, 0.25) is 0 Å². The van der Waals surface area contributed by atoms with Crippen LogP contribution in [0.3, 0.4) is 0 Å². The van der Waals surface area contributed by atoms with Crippen molar-refractivity contribution in [3.05, 3.63) is 145 Å². The van der Waals surface area contributed by atoms with E-state index in [2.05, 4.69) is 139 Å². The van der Waals surface area contributed by atoms with Crippen LogP contribution in [0.4, 0.5) is 4.39 Å². The van der Waals surface area contributed by atoms with E-state index in [0.29, 0.717) is 0 Å². The Morgan fingerprint density at radius 3 is 1.23 bits per heavy atom. The fourth-order valence-corrected chi connectivity index (χ4v) is 6.61. The Labute approximate surface area is 250 Å². The lowest BCUT2D eigenvalue weighted by molar-refractivity contribution is 0.590. The summed E-state index contributed by atoms with van der Waals surface area (Å²) in [6, 6.07) is 46.0. The predicted octanol–water partition coefficient (Wildman–Crippen LogP) is 11.0. The van der Waals surface area contributed by atoms with E-state index >= 15 is 4.39 Å². The Kier molecular flexibility index (Phi) is 5.61. The van der Waals surface area contributed by atoms with Crippen LogP contribution in [-0.2, 0) is 5.41 Å². The van der Waals surface area contributed by atoms with Crippen molar-refractivity contribution in [1.82, 2.24) is 9.13 Å². The van der Waals surface area contributed by atoms with Crippen molar-refractivity contribution in [2.45, 2.75) is 26.2 Å². The van der Waals surface area contributed by atoms with Gasteiger partial charge in [0.15, 0.2) is 0 Å². The van der Waals surface area contributed by atoms with Crippen LogP contribution in [-0.4, -0.2) is 9.13 Å². The first-order valence-corrected chi connectivity index (χ1v) is 14.8. The third-order valence-corrected chi connectivity index (χ3v) is 8.68. The number of hydrogen-bond donors (Lipinski definition) is 0. The van der Waals surface area contributed by atoms with E-state index in [1.807, 2.05) is 12.1 Å². The molecule has 0 radical (unpaired) electrons. The number of hydrogen-bond acceptors (Lipinski definition) is 0. The van der Waals surface area contributed by atoms with E-state index in [0.717, 1.165) is 55.3 Å². The summed E-state index contributed by atoms with van der Waals surface area (Å²) in [5.41, 5.74) is 9.27. The third kappa shape index (κ3) is 4.07. The summed E-state index contributed by atoms with van der Waals surface area (Å²) in [6.45, 7) is 6.70. The summed E-state index contributed by atoms with van der Waals surface area (Å²) in [6.07, 6.45) is 0. The van der Waals surface area contributed by atoms with Crippen LogP contribution in [0.5, 0.6) is 0 Å². The lowest BCUT2D eigenvalue weighted by Crippen LogP contribution is -2.12. The maximum absolute atomic E-state index is 15.6. The highest BCUT2D eigenvalue weighted by molar-refractivity contribution is 6.10. The molecule has 0 saturated carbocycles. The number of aromatic nitrogens is 2. The molecular formula is C40H31FN2. The Bertz CT molecular complexity index is 2240. The van der Waals surface area contributed by atoms with Crippen LogP contribution in [0.15, 0.2) is 133 Å². The topological polar surface area (TPSA) is 9.86 Å². The first-order valence-electron chi connectivity index (χ1n) is 14.8. The zero-order valence-corrected chi connectivity index (χ0v) is 24.5. The SMILES string of the molecule is CC(C)(C)c1cc(-c2cc(F)cc(-n3c4ccccc4c4ccccc43)c2)cc(-n2c3ccccc3c3ccccc32)c1. The van der Waals surface area contributed by atoms with E-state index in [1.165, 1.54) is 16.3 Å². The summed E-state index contributed by atoms with van der Waals surface area (Å²) in [7, 11) is 0. The van der Waals surface area contributed by atoms with Gasteiger partial charge < -0.3 is 9.13 Å². The number of benzene rings is 6. The molecule has 0 bridgehead atoms. The number of para-hydroxylation sites is 4. The molecule has 0 aliphatic heterocycles. The highest BCUT2D eigenvalue weighted by Gasteiger charge is 2.20. The Balaban J connectivity index is 1.40. The van der Waals surface area contributed by atoms with Gasteiger partial charge in [-0.15, -0.1) is 0 Å². The molecule has 0 aliphatic carbocycles. The van der Waals surface area contributed by atoms with Crippen molar-refractivity contribution in [3.63, 3.8) is 0 Å². The number of halogens is 1. The molecule has 0 amide bonds. The maximum atomic E-state index is 15.6. The third-order valence-electron chi connectivity index (χ3n) is 8.68. The van der Waals surface area contributed by atoms with E-state index in [4.69, 9.17) is 0 Å². The average Bonchev–Trinajstić information content (AvgIpc) is 3.53. The quantitative estimate of drug-likeness (QED) is 0.204. The van der Waals surface area contributed by atoms with Crippen molar-refractivity contribution < 1.29 is 4.39 Å². The molecule has 43 heavy (non-hydrogen) atoms. The number of rotatable bonds is 3. The average molecular weight is 559 g/mol. The largest absolute Gasteiger partial charge is 0.309 e. The summed E-state index contributed by atoms with van der Waals surface area (Å²) < 4.78 is 20.1. The van der Waals surface area contributed by atoms with Crippen molar-refractivity contribution in [1.29, 1.82) is 0 Å². The molecule has 0 fully saturated rings. The molecule has 8 rings (SSSR count). The van der Waals surface area contributed by atoms with Gasteiger partial charge in [0.25, 0.3) is 0 Å². The van der Waals surface area contributed by atoms with Gasteiger partial charge in [0, 0.05) is 32.9 Å². The lowest BCUT2D eigenvalue weighted by Gasteiger charge is -2.22. The van der Waals surface area contributed by atoms with Gasteiger partial charge >= 0.3 is 0 Å². The molecule has 6 aromatic carbocycles. The standard InChI is InChI=1S/C40H31FN2/c1-40(2,3)28-20-26(22-30(24-28)42-36-16-8-4-12-32(36)33-13-5-9-17-37(33)42)27-21-29(41)25-31(23-27)43-38-18-10-6-14-34(38)35-15-7-11-19-39(35)43/h4-25H,1-3H3. The fraction of sp³-hybridized carbons (Fsp3) is 0.100. The Morgan fingerprint density at radius 1 is 0.442 bits per heavy atom. The minimum absolute atomic E-state index is 0.105. The molecule has 0 spiro atoms. The van der Waals surface area contributed by atoms with Crippen LogP contribution >= 0.6 is 0 Å². The van der Waals surface area contributed by atoms with Crippen LogP contribution in [0.1, 0.15) is 26.3 Å². The molecule has 208 valence electrons. The second-order valence-corrected chi connectivity index (χ2v) is 12.5. The summed E-state index contributed by atoms with van der Waals surface area (Å²) in [5.74, 6) is -0.256. The predicted molar refractivity (Wildman–Crippen MR) is 179 cm³/mol. The zero-order valence-electron chi connectivity index (χ0n) is 24.5. The van der Waals surface area contributed by atoms with E-state index in [1.54, 1.807) is 12.1 Å². The smallest absolute Gasteiger partial charge is 0.125 e. The van der Waals surface area contributed by atoms with Gasteiger partial charge in [-0.2, -0.15) is 0 Å².